The number of aromatic nitrogens is 1. The maximum absolute atomic E-state index is 11.7. The fraction of sp³-hybridized carbons (Fsp3) is 0.500. The SMILES string of the molecule is COCCNCC(=O)N(C)Cc1ccccn1.Cl.Cl. The lowest BCUT2D eigenvalue weighted by molar-refractivity contribution is -0.129. The summed E-state index contributed by atoms with van der Waals surface area (Å²) in [6, 6.07) is 5.68. The first-order chi connectivity index (χ1) is 8.24. The van der Waals surface area contributed by atoms with E-state index >= 15 is 0 Å². The second-order valence-electron chi connectivity index (χ2n) is 3.74. The number of hydrogen-bond acceptors (Lipinski definition) is 4. The minimum Gasteiger partial charge on any atom is -0.383 e. The quantitative estimate of drug-likeness (QED) is 0.767. The molecule has 0 saturated carbocycles. The van der Waals surface area contributed by atoms with Gasteiger partial charge in [-0.05, 0) is 12.1 Å². The Morgan fingerprint density at radius 3 is 2.74 bits per heavy atom. The Morgan fingerprint density at radius 2 is 2.16 bits per heavy atom. The van der Waals surface area contributed by atoms with Crippen LogP contribution in [0, 0.1) is 0 Å². The Morgan fingerprint density at radius 1 is 1.42 bits per heavy atom. The largest absolute Gasteiger partial charge is 0.383 e. The molecule has 0 aliphatic rings. The van der Waals surface area contributed by atoms with Crippen LogP contribution in [0.3, 0.4) is 0 Å². The second-order valence-corrected chi connectivity index (χ2v) is 3.74. The van der Waals surface area contributed by atoms with Crippen LogP contribution < -0.4 is 5.32 Å². The average Bonchev–Trinajstić information content (AvgIpc) is 2.35. The van der Waals surface area contributed by atoms with E-state index in [-0.39, 0.29) is 30.7 Å². The summed E-state index contributed by atoms with van der Waals surface area (Å²) in [5, 5.41) is 3.02. The lowest BCUT2D eigenvalue weighted by Crippen LogP contribution is -2.36. The van der Waals surface area contributed by atoms with Crippen LogP contribution in [0.5, 0.6) is 0 Å². The monoisotopic (exact) mass is 309 g/mol. The molecule has 0 bridgehead atoms. The van der Waals surface area contributed by atoms with Gasteiger partial charge in [0.25, 0.3) is 0 Å². The fourth-order valence-corrected chi connectivity index (χ4v) is 1.33. The van der Waals surface area contributed by atoms with Crippen molar-refractivity contribution in [3.05, 3.63) is 30.1 Å². The zero-order valence-corrected chi connectivity index (χ0v) is 12.8. The van der Waals surface area contributed by atoms with E-state index in [1.165, 1.54) is 0 Å². The van der Waals surface area contributed by atoms with Gasteiger partial charge in [-0.25, -0.2) is 0 Å². The molecule has 0 saturated heterocycles. The summed E-state index contributed by atoms with van der Waals surface area (Å²) in [6.45, 7) is 2.15. The van der Waals surface area contributed by atoms with Gasteiger partial charge < -0.3 is 15.0 Å². The van der Waals surface area contributed by atoms with E-state index in [0.717, 1.165) is 5.69 Å². The summed E-state index contributed by atoms with van der Waals surface area (Å²) in [4.78, 5) is 17.5. The molecule has 0 spiro atoms. The molecule has 0 aliphatic carbocycles. The lowest BCUT2D eigenvalue weighted by atomic mass is 10.3. The molecule has 1 heterocycles. The Hall–Kier alpha value is -0.880. The highest BCUT2D eigenvalue weighted by Crippen LogP contribution is 1.98. The number of carbonyl (C=O) groups excluding carboxylic acids is 1. The molecule has 0 aliphatic heterocycles. The van der Waals surface area contributed by atoms with Gasteiger partial charge in [-0.1, -0.05) is 6.07 Å². The van der Waals surface area contributed by atoms with Gasteiger partial charge in [0.1, 0.15) is 0 Å². The first kappa shape index (κ1) is 20.4. The molecule has 1 aromatic rings. The minimum absolute atomic E-state index is 0. The van der Waals surface area contributed by atoms with E-state index in [1.807, 2.05) is 18.2 Å². The number of methoxy groups -OCH3 is 1. The zero-order chi connectivity index (χ0) is 12.5. The topological polar surface area (TPSA) is 54.5 Å². The van der Waals surface area contributed by atoms with Crippen molar-refractivity contribution in [1.82, 2.24) is 15.2 Å². The smallest absolute Gasteiger partial charge is 0.236 e. The molecule has 0 unspecified atom stereocenters. The van der Waals surface area contributed by atoms with Crippen molar-refractivity contribution in [2.75, 3.05) is 33.9 Å². The number of likely N-dealkylation sites (N-methyl/N-ethyl adjacent to an activating group) is 1. The van der Waals surface area contributed by atoms with Gasteiger partial charge >= 0.3 is 0 Å². The van der Waals surface area contributed by atoms with E-state index in [9.17, 15) is 4.79 Å². The molecule has 1 N–H and O–H groups in total. The van der Waals surface area contributed by atoms with Crippen molar-refractivity contribution in [2.24, 2.45) is 0 Å². The van der Waals surface area contributed by atoms with Crippen molar-refractivity contribution < 1.29 is 9.53 Å². The van der Waals surface area contributed by atoms with Crippen molar-refractivity contribution in [2.45, 2.75) is 6.54 Å². The maximum Gasteiger partial charge on any atom is 0.236 e. The number of nitrogens with one attached hydrogen (secondary N) is 1. The molecule has 5 nitrogen and oxygen atoms in total. The summed E-state index contributed by atoms with van der Waals surface area (Å²) < 4.78 is 4.88. The molecule has 7 heteroatoms. The molecule has 1 aromatic heterocycles. The third kappa shape index (κ3) is 8.77. The summed E-state index contributed by atoms with van der Waals surface area (Å²) in [5.74, 6) is 0.0479. The molecular formula is C12H21Cl2N3O2. The maximum atomic E-state index is 11.7. The Labute approximate surface area is 126 Å². The highest BCUT2D eigenvalue weighted by molar-refractivity contribution is 5.85. The Kier molecular flexibility index (Phi) is 13.1. The Bertz CT molecular complexity index is 339. The van der Waals surface area contributed by atoms with Gasteiger partial charge in [0.15, 0.2) is 0 Å². The predicted octanol–water partition coefficient (Wildman–Crippen LogP) is 1.12. The first-order valence-corrected chi connectivity index (χ1v) is 5.57. The number of pyridine rings is 1. The van der Waals surface area contributed by atoms with E-state index in [2.05, 4.69) is 10.3 Å². The normalized spacial score (nSPS) is 9.16. The summed E-state index contributed by atoms with van der Waals surface area (Å²) in [6.07, 6.45) is 1.73. The third-order valence-electron chi connectivity index (χ3n) is 2.31. The molecule has 1 rings (SSSR count). The van der Waals surface area contributed by atoms with Crippen LogP contribution in [0.15, 0.2) is 24.4 Å². The minimum atomic E-state index is 0. The van der Waals surface area contributed by atoms with Crippen LogP contribution in [-0.4, -0.2) is 49.6 Å². The van der Waals surface area contributed by atoms with Gasteiger partial charge in [0, 0.05) is 26.9 Å². The van der Waals surface area contributed by atoms with Crippen LogP contribution in [-0.2, 0) is 16.1 Å². The van der Waals surface area contributed by atoms with E-state index < -0.39 is 0 Å². The zero-order valence-electron chi connectivity index (χ0n) is 11.2. The van der Waals surface area contributed by atoms with Crippen molar-refractivity contribution >= 4 is 30.7 Å². The number of nitrogens with zero attached hydrogens (tertiary/aromatic N) is 2. The molecule has 19 heavy (non-hydrogen) atoms. The first-order valence-electron chi connectivity index (χ1n) is 5.57. The summed E-state index contributed by atoms with van der Waals surface area (Å²) in [7, 11) is 3.41. The highest BCUT2D eigenvalue weighted by atomic mass is 35.5. The number of amides is 1. The standard InChI is InChI=1S/C12H19N3O2.2ClH/c1-15(10-11-5-3-4-6-14-11)12(16)9-13-7-8-17-2;;/h3-6,13H,7-10H2,1-2H3;2*1H. The lowest BCUT2D eigenvalue weighted by Gasteiger charge is -2.16. The summed E-state index contributed by atoms with van der Waals surface area (Å²) in [5.41, 5.74) is 0.889. The van der Waals surface area contributed by atoms with Crippen molar-refractivity contribution in [3.8, 4) is 0 Å². The highest BCUT2D eigenvalue weighted by Gasteiger charge is 2.08. The van der Waals surface area contributed by atoms with Crippen LogP contribution in [0.2, 0.25) is 0 Å². The van der Waals surface area contributed by atoms with Crippen LogP contribution in [0.1, 0.15) is 5.69 Å². The molecule has 0 radical (unpaired) electrons. The predicted molar refractivity (Wildman–Crippen MR) is 80.0 cm³/mol. The molecule has 1 amide bonds. The summed E-state index contributed by atoms with van der Waals surface area (Å²) >= 11 is 0. The molecule has 0 atom stereocenters. The molecule has 0 fully saturated rings. The average molecular weight is 310 g/mol. The number of carbonyl (C=O) groups is 1. The van der Waals surface area contributed by atoms with Gasteiger partial charge in [-0.3, -0.25) is 9.78 Å². The molecular weight excluding hydrogens is 289 g/mol. The van der Waals surface area contributed by atoms with Crippen LogP contribution in [0.25, 0.3) is 0 Å². The van der Waals surface area contributed by atoms with Gasteiger partial charge in [-0.15, -0.1) is 24.8 Å². The molecule has 110 valence electrons. The van der Waals surface area contributed by atoms with Crippen LogP contribution >= 0.6 is 24.8 Å². The second kappa shape index (κ2) is 12.2. The number of hydrogen-bond donors (Lipinski definition) is 1. The van der Waals surface area contributed by atoms with Gasteiger partial charge in [-0.2, -0.15) is 0 Å². The van der Waals surface area contributed by atoms with E-state index in [0.29, 0.717) is 26.2 Å². The fourth-order valence-electron chi connectivity index (χ4n) is 1.33. The number of halogens is 2. The Balaban J connectivity index is 0. The van der Waals surface area contributed by atoms with Gasteiger partial charge in [0.2, 0.25) is 5.91 Å². The van der Waals surface area contributed by atoms with Crippen LogP contribution in [0.4, 0.5) is 0 Å². The third-order valence-corrected chi connectivity index (χ3v) is 2.31. The van der Waals surface area contributed by atoms with E-state index in [1.54, 1.807) is 25.3 Å². The van der Waals surface area contributed by atoms with E-state index in [4.69, 9.17) is 4.74 Å². The van der Waals surface area contributed by atoms with Crippen molar-refractivity contribution in [3.63, 3.8) is 0 Å². The molecule has 0 aromatic carbocycles. The number of ether oxygens (including phenoxy) is 1. The number of rotatable bonds is 7. The van der Waals surface area contributed by atoms with Crippen molar-refractivity contribution in [1.29, 1.82) is 0 Å². The van der Waals surface area contributed by atoms with Gasteiger partial charge in [0.05, 0.1) is 25.4 Å².